The van der Waals surface area contributed by atoms with Crippen molar-refractivity contribution in [2.45, 2.75) is 5.16 Å². The van der Waals surface area contributed by atoms with Crippen molar-refractivity contribution in [1.82, 2.24) is 19.5 Å². The molecule has 0 aliphatic carbocycles. The Bertz CT molecular complexity index is 927. The van der Waals surface area contributed by atoms with Gasteiger partial charge >= 0.3 is 0 Å². The van der Waals surface area contributed by atoms with Gasteiger partial charge in [-0.2, -0.15) is 4.98 Å². The number of para-hydroxylation sites is 1. The first-order valence-corrected chi connectivity index (χ1v) is 7.94. The molecule has 0 amide bonds. The molecule has 2 aromatic heterocycles. The highest BCUT2D eigenvalue weighted by molar-refractivity contribution is 7.98. The molecule has 2 heterocycles. The molecule has 1 aromatic carbocycles. The van der Waals surface area contributed by atoms with Gasteiger partial charge in [0.05, 0.1) is 5.02 Å². The van der Waals surface area contributed by atoms with Crippen LogP contribution in [0.5, 0.6) is 0 Å². The summed E-state index contributed by atoms with van der Waals surface area (Å²) in [7, 11) is 0. The Morgan fingerprint density at radius 3 is 2.73 bits per heavy atom. The first-order valence-electron chi connectivity index (χ1n) is 5.96. The lowest BCUT2D eigenvalue weighted by atomic mass is 10.3. The van der Waals surface area contributed by atoms with Crippen molar-refractivity contribution >= 4 is 46.0 Å². The van der Waals surface area contributed by atoms with Crippen LogP contribution in [0.15, 0.2) is 34.3 Å². The number of hydrogen-bond acceptors (Lipinski definition) is 5. The van der Waals surface area contributed by atoms with E-state index >= 15 is 0 Å². The van der Waals surface area contributed by atoms with Crippen LogP contribution in [0, 0.1) is 5.82 Å². The first-order chi connectivity index (χ1) is 10.5. The van der Waals surface area contributed by atoms with Gasteiger partial charge in [-0.1, -0.05) is 29.4 Å². The number of halogens is 3. The summed E-state index contributed by atoms with van der Waals surface area (Å²) in [6.45, 7) is 0. The highest BCUT2D eigenvalue weighted by atomic mass is 35.5. The Morgan fingerprint density at radius 1 is 1.27 bits per heavy atom. The van der Waals surface area contributed by atoms with Crippen LogP contribution in [0.1, 0.15) is 0 Å². The molecule has 0 spiro atoms. The number of thioether (sulfide) groups is 1. The molecule has 0 bridgehead atoms. The fourth-order valence-corrected chi connectivity index (χ4v) is 2.75. The van der Waals surface area contributed by atoms with Gasteiger partial charge in [0.25, 0.3) is 5.56 Å². The molecule has 0 atom stereocenters. The zero-order valence-electron chi connectivity index (χ0n) is 11.0. The fraction of sp³-hybridized carbons (Fsp3) is 0.0769. The highest BCUT2D eigenvalue weighted by Gasteiger charge is 2.18. The van der Waals surface area contributed by atoms with Crippen molar-refractivity contribution in [3.8, 4) is 5.69 Å². The van der Waals surface area contributed by atoms with Crippen LogP contribution in [0.2, 0.25) is 10.3 Å². The van der Waals surface area contributed by atoms with Crippen LogP contribution in [-0.2, 0) is 0 Å². The lowest BCUT2D eigenvalue weighted by molar-refractivity contribution is 0.616. The molecule has 112 valence electrons. The number of benzene rings is 1. The van der Waals surface area contributed by atoms with Crippen LogP contribution in [-0.4, -0.2) is 25.8 Å². The summed E-state index contributed by atoms with van der Waals surface area (Å²) >= 11 is 13.3. The van der Waals surface area contributed by atoms with E-state index in [2.05, 4.69) is 15.0 Å². The summed E-state index contributed by atoms with van der Waals surface area (Å²) in [6, 6.07) is 4.07. The summed E-state index contributed by atoms with van der Waals surface area (Å²) in [5.41, 5.74) is -0.588. The molecule has 3 aromatic rings. The maximum atomic E-state index is 14.0. The molecule has 9 heteroatoms. The largest absolute Gasteiger partial charge is 0.270 e. The van der Waals surface area contributed by atoms with E-state index in [0.29, 0.717) is 5.16 Å². The second-order valence-corrected chi connectivity index (χ2v) is 5.70. The maximum Gasteiger partial charge on any atom is 0.270 e. The van der Waals surface area contributed by atoms with Gasteiger partial charge in [-0.3, -0.25) is 4.79 Å². The number of nitrogens with zero attached hydrogens (tertiary/aromatic N) is 4. The molecule has 0 N–H and O–H groups in total. The van der Waals surface area contributed by atoms with E-state index in [0.717, 1.165) is 4.57 Å². The van der Waals surface area contributed by atoms with Crippen LogP contribution >= 0.6 is 35.0 Å². The average molecular weight is 357 g/mol. The molecule has 0 radical (unpaired) electrons. The number of rotatable bonds is 2. The lowest BCUT2D eigenvalue weighted by Crippen LogP contribution is -2.22. The highest BCUT2D eigenvalue weighted by Crippen LogP contribution is 2.25. The van der Waals surface area contributed by atoms with Crippen LogP contribution in [0.3, 0.4) is 0 Å². The van der Waals surface area contributed by atoms with Crippen molar-refractivity contribution in [3.05, 3.63) is 50.9 Å². The molecule has 0 unspecified atom stereocenters. The van der Waals surface area contributed by atoms with Crippen molar-refractivity contribution in [3.63, 3.8) is 0 Å². The second kappa shape index (κ2) is 5.83. The second-order valence-electron chi connectivity index (χ2n) is 4.19. The SMILES string of the molecule is CSc1ncc2c(=O)n(-c3c(F)cccc3Cl)c(Cl)nc2n1. The summed E-state index contributed by atoms with van der Waals surface area (Å²) in [5.74, 6) is -0.681. The zero-order chi connectivity index (χ0) is 15.9. The normalized spacial score (nSPS) is 11.1. The van der Waals surface area contributed by atoms with E-state index in [-0.39, 0.29) is 27.0 Å². The van der Waals surface area contributed by atoms with Gasteiger partial charge in [0.1, 0.15) is 16.9 Å². The van der Waals surface area contributed by atoms with E-state index in [1.54, 1.807) is 6.26 Å². The molecule has 3 rings (SSSR count). The van der Waals surface area contributed by atoms with Crippen molar-refractivity contribution < 1.29 is 4.39 Å². The topological polar surface area (TPSA) is 60.7 Å². The Labute approximate surface area is 138 Å². The molecule has 0 aliphatic rings. The minimum Gasteiger partial charge on any atom is -0.268 e. The zero-order valence-corrected chi connectivity index (χ0v) is 13.4. The lowest BCUT2D eigenvalue weighted by Gasteiger charge is -2.11. The van der Waals surface area contributed by atoms with Crippen molar-refractivity contribution in [1.29, 1.82) is 0 Å². The fourth-order valence-electron chi connectivity index (χ4n) is 1.93. The van der Waals surface area contributed by atoms with E-state index < -0.39 is 11.4 Å². The van der Waals surface area contributed by atoms with E-state index in [9.17, 15) is 9.18 Å². The van der Waals surface area contributed by atoms with Crippen LogP contribution in [0.4, 0.5) is 4.39 Å². The first kappa shape index (κ1) is 15.2. The summed E-state index contributed by atoms with van der Waals surface area (Å²) in [4.78, 5) is 24.8. The van der Waals surface area contributed by atoms with Gasteiger partial charge in [0.2, 0.25) is 5.28 Å². The third-order valence-electron chi connectivity index (χ3n) is 2.91. The summed E-state index contributed by atoms with van der Waals surface area (Å²) < 4.78 is 15.0. The Morgan fingerprint density at radius 2 is 2.05 bits per heavy atom. The molecule has 0 aliphatic heterocycles. The molecule has 5 nitrogen and oxygen atoms in total. The molecular formula is C13H7Cl2FN4OS. The monoisotopic (exact) mass is 356 g/mol. The summed E-state index contributed by atoms with van der Waals surface area (Å²) in [5, 5.41) is 0.403. The number of hydrogen-bond donors (Lipinski definition) is 0. The van der Waals surface area contributed by atoms with E-state index in [1.165, 1.54) is 36.2 Å². The van der Waals surface area contributed by atoms with E-state index in [1.807, 2.05) is 0 Å². The van der Waals surface area contributed by atoms with Gasteiger partial charge in [0.15, 0.2) is 10.8 Å². The van der Waals surface area contributed by atoms with Gasteiger partial charge in [-0.25, -0.2) is 18.9 Å². The molecule has 22 heavy (non-hydrogen) atoms. The van der Waals surface area contributed by atoms with Crippen LogP contribution in [0.25, 0.3) is 16.7 Å². The van der Waals surface area contributed by atoms with Gasteiger partial charge in [-0.05, 0) is 30.0 Å². The Kier molecular flexibility index (Phi) is 4.03. The van der Waals surface area contributed by atoms with Crippen LogP contribution < -0.4 is 5.56 Å². The number of fused-ring (bicyclic) bond motifs is 1. The van der Waals surface area contributed by atoms with Gasteiger partial charge in [0, 0.05) is 6.20 Å². The minimum atomic E-state index is -0.681. The Hall–Kier alpha value is -1.70. The van der Waals surface area contributed by atoms with Crippen molar-refractivity contribution in [2.75, 3.05) is 6.26 Å². The predicted molar refractivity (Wildman–Crippen MR) is 84.7 cm³/mol. The van der Waals surface area contributed by atoms with Crippen molar-refractivity contribution in [2.24, 2.45) is 0 Å². The number of aromatic nitrogens is 4. The quantitative estimate of drug-likeness (QED) is 0.520. The molecule has 0 fully saturated rings. The predicted octanol–water partition coefficient (Wildman–Crippen LogP) is 3.34. The standard InChI is InChI=1S/C13H7Cl2FN4OS/c1-22-13-17-5-6-10(19-13)18-12(15)20(11(6)21)9-7(14)3-2-4-8(9)16/h2-5H,1H3. The molecular weight excluding hydrogens is 350 g/mol. The molecule has 0 saturated carbocycles. The molecule has 0 saturated heterocycles. The maximum absolute atomic E-state index is 14.0. The third-order valence-corrected chi connectivity index (χ3v) is 4.03. The van der Waals surface area contributed by atoms with E-state index in [4.69, 9.17) is 23.2 Å². The smallest absolute Gasteiger partial charge is 0.268 e. The average Bonchev–Trinajstić information content (AvgIpc) is 2.49. The van der Waals surface area contributed by atoms with Gasteiger partial charge < -0.3 is 0 Å². The third kappa shape index (κ3) is 2.45. The summed E-state index contributed by atoms with van der Waals surface area (Å²) in [6.07, 6.45) is 3.13. The minimum absolute atomic E-state index is 0.0480. The van der Waals surface area contributed by atoms with Gasteiger partial charge in [-0.15, -0.1) is 0 Å². The Balaban J connectivity index is 2.39.